The summed E-state index contributed by atoms with van der Waals surface area (Å²) in [6.07, 6.45) is 8.25. The standard InChI is InChI=1S/C12H20FN/c13-2-1-11-4-9-3-10(5-11)7-12(14,6-9)8-11/h9-10H,1-8,14H2/t9-,10+,11?,12?. The fourth-order valence-corrected chi connectivity index (χ4v) is 5.02. The number of rotatable bonds is 2. The van der Waals surface area contributed by atoms with Gasteiger partial charge in [-0.25, -0.2) is 0 Å². The Labute approximate surface area is 85.2 Å². The zero-order chi connectivity index (χ0) is 9.81. The number of hydrogen-bond acceptors (Lipinski definition) is 1. The van der Waals surface area contributed by atoms with Crippen LogP contribution in [0.25, 0.3) is 0 Å². The summed E-state index contributed by atoms with van der Waals surface area (Å²) in [6, 6.07) is 0. The van der Waals surface area contributed by atoms with Gasteiger partial charge in [0.1, 0.15) is 0 Å². The van der Waals surface area contributed by atoms with E-state index in [2.05, 4.69) is 0 Å². The van der Waals surface area contributed by atoms with Gasteiger partial charge in [0.25, 0.3) is 0 Å². The molecule has 2 heteroatoms. The predicted octanol–water partition coefficient (Wildman–Crippen LogP) is 2.64. The molecule has 14 heavy (non-hydrogen) atoms. The molecule has 0 radical (unpaired) electrons. The zero-order valence-corrected chi connectivity index (χ0v) is 8.77. The fraction of sp³-hybridized carbons (Fsp3) is 1.00. The first-order valence-corrected chi connectivity index (χ1v) is 5.98. The molecule has 0 saturated heterocycles. The van der Waals surface area contributed by atoms with Crippen molar-refractivity contribution in [2.45, 2.75) is 50.5 Å². The minimum atomic E-state index is -0.143. The van der Waals surface area contributed by atoms with Crippen molar-refractivity contribution in [2.24, 2.45) is 23.0 Å². The van der Waals surface area contributed by atoms with Gasteiger partial charge in [-0.3, -0.25) is 4.39 Å². The molecule has 4 aliphatic carbocycles. The van der Waals surface area contributed by atoms with Crippen LogP contribution in [0.15, 0.2) is 0 Å². The molecule has 4 atom stereocenters. The van der Waals surface area contributed by atoms with E-state index in [1.807, 2.05) is 0 Å². The molecule has 0 aromatic rings. The van der Waals surface area contributed by atoms with Gasteiger partial charge < -0.3 is 5.73 Å². The Morgan fingerprint density at radius 1 is 1.14 bits per heavy atom. The molecular weight excluding hydrogens is 177 g/mol. The van der Waals surface area contributed by atoms with E-state index >= 15 is 0 Å². The van der Waals surface area contributed by atoms with E-state index in [4.69, 9.17) is 5.73 Å². The molecule has 0 amide bonds. The maximum absolute atomic E-state index is 12.6. The topological polar surface area (TPSA) is 26.0 Å². The Morgan fingerprint density at radius 2 is 1.79 bits per heavy atom. The SMILES string of the molecule is NC12C[C@H]3C[C@@H](C1)CC(CCF)(C3)C2. The first-order chi connectivity index (χ1) is 6.63. The molecule has 0 aromatic carbocycles. The van der Waals surface area contributed by atoms with Crippen molar-refractivity contribution in [3.05, 3.63) is 0 Å². The maximum atomic E-state index is 12.6. The van der Waals surface area contributed by atoms with Crippen LogP contribution in [-0.2, 0) is 0 Å². The van der Waals surface area contributed by atoms with Crippen LogP contribution in [-0.4, -0.2) is 12.2 Å². The summed E-state index contributed by atoms with van der Waals surface area (Å²) >= 11 is 0. The van der Waals surface area contributed by atoms with Crippen LogP contribution in [0.1, 0.15) is 44.9 Å². The number of halogens is 1. The lowest BCUT2D eigenvalue weighted by molar-refractivity contribution is -0.0733. The first-order valence-electron chi connectivity index (χ1n) is 5.98. The van der Waals surface area contributed by atoms with Gasteiger partial charge >= 0.3 is 0 Å². The van der Waals surface area contributed by atoms with Crippen molar-refractivity contribution in [3.8, 4) is 0 Å². The molecule has 1 nitrogen and oxygen atoms in total. The van der Waals surface area contributed by atoms with E-state index in [-0.39, 0.29) is 12.2 Å². The van der Waals surface area contributed by atoms with Crippen molar-refractivity contribution in [1.29, 1.82) is 0 Å². The monoisotopic (exact) mass is 197 g/mol. The molecule has 4 saturated carbocycles. The third-order valence-electron chi connectivity index (χ3n) is 4.85. The second kappa shape index (κ2) is 2.72. The lowest BCUT2D eigenvalue weighted by Crippen LogP contribution is -2.60. The second-order valence-electron chi connectivity index (χ2n) is 6.26. The summed E-state index contributed by atoms with van der Waals surface area (Å²) in [4.78, 5) is 0. The zero-order valence-electron chi connectivity index (χ0n) is 8.77. The van der Waals surface area contributed by atoms with Gasteiger partial charge in [0.2, 0.25) is 0 Å². The Bertz CT molecular complexity index is 237. The molecule has 0 aromatic heterocycles. The van der Waals surface area contributed by atoms with Gasteiger partial charge in [-0.1, -0.05) is 0 Å². The lowest BCUT2D eigenvalue weighted by Gasteiger charge is -2.61. The molecular formula is C12H20FN. The van der Waals surface area contributed by atoms with E-state index in [1.165, 1.54) is 32.1 Å². The van der Waals surface area contributed by atoms with Gasteiger partial charge in [0.05, 0.1) is 6.67 Å². The van der Waals surface area contributed by atoms with Crippen molar-refractivity contribution >= 4 is 0 Å². The predicted molar refractivity (Wildman–Crippen MR) is 54.6 cm³/mol. The van der Waals surface area contributed by atoms with Crippen LogP contribution < -0.4 is 5.73 Å². The summed E-state index contributed by atoms with van der Waals surface area (Å²) in [5.41, 5.74) is 6.82. The summed E-state index contributed by atoms with van der Waals surface area (Å²) in [7, 11) is 0. The Hall–Kier alpha value is -0.110. The van der Waals surface area contributed by atoms with Gasteiger partial charge in [-0.15, -0.1) is 0 Å². The van der Waals surface area contributed by atoms with Gasteiger partial charge in [0.15, 0.2) is 0 Å². The molecule has 4 fully saturated rings. The quantitative estimate of drug-likeness (QED) is 0.723. The highest BCUT2D eigenvalue weighted by Gasteiger charge is 2.55. The highest BCUT2D eigenvalue weighted by atomic mass is 19.1. The minimum absolute atomic E-state index is 0.0965. The van der Waals surface area contributed by atoms with Crippen LogP contribution >= 0.6 is 0 Å². The van der Waals surface area contributed by atoms with Crippen molar-refractivity contribution in [3.63, 3.8) is 0 Å². The Kier molecular flexibility index (Phi) is 1.77. The van der Waals surface area contributed by atoms with Crippen molar-refractivity contribution in [1.82, 2.24) is 0 Å². The highest BCUT2D eigenvalue weighted by Crippen LogP contribution is 2.61. The number of alkyl halides is 1. The molecule has 4 rings (SSSR count). The molecule has 2 unspecified atom stereocenters. The molecule has 0 spiro atoms. The third kappa shape index (κ3) is 1.23. The maximum Gasteiger partial charge on any atom is 0.0899 e. The molecule has 4 aliphatic rings. The van der Waals surface area contributed by atoms with Crippen LogP contribution in [0.5, 0.6) is 0 Å². The molecule has 2 N–H and O–H groups in total. The van der Waals surface area contributed by atoms with Gasteiger partial charge in [-0.2, -0.15) is 0 Å². The largest absolute Gasteiger partial charge is 0.325 e. The van der Waals surface area contributed by atoms with Crippen LogP contribution in [0.2, 0.25) is 0 Å². The van der Waals surface area contributed by atoms with E-state index in [1.54, 1.807) is 0 Å². The van der Waals surface area contributed by atoms with E-state index in [0.717, 1.165) is 24.7 Å². The highest BCUT2D eigenvalue weighted by molar-refractivity contribution is 5.10. The number of nitrogens with two attached hydrogens (primary N) is 1. The van der Waals surface area contributed by atoms with E-state index in [9.17, 15) is 4.39 Å². The molecule has 0 heterocycles. The number of hydrogen-bond donors (Lipinski definition) is 1. The summed E-state index contributed by atoms with van der Waals surface area (Å²) in [5.74, 6) is 1.65. The smallest absolute Gasteiger partial charge is 0.0899 e. The normalized spacial score (nSPS) is 55.3. The molecule has 80 valence electrons. The van der Waals surface area contributed by atoms with E-state index < -0.39 is 0 Å². The first kappa shape index (κ1) is 9.14. The van der Waals surface area contributed by atoms with Crippen molar-refractivity contribution in [2.75, 3.05) is 6.67 Å². The Morgan fingerprint density at radius 3 is 2.29 bits per heavy atom. The molecule has 0 aliphatic heterocycles. The van der Waals surface area contributed by atoms with Crippen LogP contribution in [0.4, 0.5) is 4.39 Å². The third-order valence-corrected chi connectivity index (χ3v) is 4.85. The van der Waals surface area contributed by atoms with Crippen LogP contribution in [0.3, 0.4) is 0 Å². The average molecular weight is 197 g/mol. The van der Waals surface area contributed by atoms with Gasteiger partial charge in [0, 0.05) is 5.54 Å². The van der Waals surface area contributed by atoms with Gasteiger partial charge in [-0.05, 0) is 62.2 Å². The average Bonchev–Trinajstić information content (AvgIpc) is 1.97. The minimum Gasteiger partial charge on any atom is -0.325 e. The summed E-state index contributed by atoms with van der Waals surface area (Å²) in [5, 5.41) is 0. The van der Waals surface area contributed by atoms with Crippen LogP contribution in [0, 0.1) is 17.3 Å². The Balaban J connectivity index is 1.89. The summed E-state index contributed by atoms with van der Waals surface area (Å²) < 4.78 is 12.6. The molecule has 4 bridgehead atoms. The van der Waals surface area contributed by atoms with Crippen molar-refractivity contribution < 1.29 is 4.39 Å². The second-order valence-corrected chi connectivity index (χ2v) is 6.26. The fourth-order valence-electron chi connectivity index (χ4n) is 5.02. The summed E-state index contributed by atoms with van der Waals surface area (Å²) in [6.45, 7) is -0.143. The van der Waals surface area contributed by atoms with E-state index in [0.29, 0.717) is 5.41 Å². The lowest BCUT2D eigenvalue weighted by atomic mass is 9.46.